The van der Waals surface area contributed by atoms with Crippen molar-refractivity contribution in [3.05, 3.63) is 11.9 Å². The predicted molar refractivity (Wildman–Crippen MR) is 61.9 cm³/mol. The van der Waals surface area contributed by atoms with Gasteiger partial charge in [-0.15, -0.1) is 5.92 Å². The number of rotatable bonds is 4. The highest BCUT2D eigenvalue weighted by Gasteiger charge is 2.10. The molecule has 0 aromatic carbocycles. The minimum atomic E-state index is -1.25. The van der Waals surface area contributed by atoms with Gasteiger partial charge in [0, 0.05) is 6.42 Å². The Morgan fingerprint density at radius 1 is 1.40 bits per heavy atom. The summed E-state index contributed by atoms with van der Waals surface area (Å²) in [5.74, 6) is 5.18. The van der Waals surface area contributed by atoms with Crippen molar-refractivity contribution in [2.75, 3.05) is 0 Å². The number of aliphatic hydroxyl groups excluding tert-OH is 1. The third kappa shape index (κ3) is 6.30. The van der Waals surface area contributed by atoms with Gasteiger partial charge in [0.2, 0.25) is 0 Å². The number of hydrogen-bond donors (Lipinski definition) is 1. The molecule has 0 aliphatic heterocycles. The Morgan fingerprint density at radius 2 is 2.00 bits per heavy atom. The number of hydrogen-bond acceptors (Lipinski definition) is 1. The summed E-state index contributed by atoms with van der Waals surface area (Å²) < 4.78 is 13.3. The van der Waals surface area contributed by atoms with Crippen LogP contribution in [-0.2, 0) is 0 Å². The standard InChI is InChI=1S/C13H21FO/c1-5-6-7-8-13(15)12(14)9-11(4)10(2)3/h9-11,13,15H,5-6H2,1-4H3/b12-9+/t11-,13?/m1/s1. The van der Waals surface area contributed by atoms with Crippen molar-refractivity contribution in [3.63, 3.8) is 0 Å². The van der Waals surface area contributed by atoms with Gasteiger partial charge in [-0.1, -0.05) is 33.6 Å². The Morgan fingerprint density at radius 3 is 2.47 bits per heavy atom. The molecule has 0 rings (SSSR count). The average molecular weight is 212 g/mol. The highest BCUT2D eigenvalue weighted by Crippen LogP contribution is 2.15. The number of aliphatic hydroxyl groups is 1. The molecule has 1 nitrogen and oxygen atoms in total. The van der Waals surface area contributed by atoms with Crippen molar-refractivity contribution in [3.8, 4) is 11.8 Å². The average Bonchev–Trinajstić information content (AvgIpc) is 2.17. The Hall–Kier alpha value is -0.810. The van der Waals surface area contributed by atoms with E-state index in [4.69, 9.17) is 0 Å². The van der Waals surface area contributed by atoms with Gasteiger partial charge in [0.05, 0.1) is 0 Å². The van der Waals surface area contributed by atoms with Crippen molar-refractivity contribution in [2.24, 2.45) is 11.8 Å². The van der Waals surface area contributed by atoms with Gasteiger partial charge in [-0.25, -0.2) is 4.39 Å². The van der Waals surface area contributed by atoms with E-state index in [-0.39, 0.29) is 5.92 Å². The monoisotopic (exact) mass is 212 g/mol. The van der Waals surface area contributed by atoms with Crippen LogP contribution in [0.4, 0.5) is 4.39 Å². The smallest absolute Gasteiger partial charge is 0.165 e. The van der Waals surface area contributed by atoms with Crippen LogP contribution < -0.4 is 0 Å². The maximum atomic E-state index is 13.3. The number of unbranched alkanes of at least 4 members (excludes halogenated alkanes) is 1. The topological polar surface area (TPSA) is 20.2 Å². The molecule has 1 unspecified atom stereocenters. The summed E-state index contributed by atoms with van der Waals surface area (Å²) in [4.78, 5) is 0. The van der Waals surface area contributed by atoms with Crippen LogP contribution in [0.15, 0.2) is 11.9 Å². The molecule has 0 aliphatic rings. The van der Waals surface area contributed by atoms with E-state index in [1.54, 1.807) is 0 Å². The zero-order valence-corrected chi connectivity index (χ0v) is 10.0. The second kappa shape index (κ2) is 7.48. The number of allylic oxidation sites excluding steroid dienone is 1. The number of halogens is 1. The summed E-state index contributed by atoms with van der Waals surface area (Å²) >= 11 is 0. The van der Waals surface area contributed by atoms with Crippen LogP contribution in [0.2, 0.25) is 0 Å². The van der Waals surface area contributed by atoms with Gasteiger partial charge in [-0.2, -0.15) is 0 Å². The van der Waals surface area contributed by atoms with Gasteiger partial charge < -0.3 is 5.11 Å². The zero-order chi connectivity index (χ0) is 11.8. The first-order chi connectivity index (χ1) is 6.99. The van der Waals surface area contributed by atoms with Crippen molar-refractivity contribution in [1.29, 1.82) is 0 Å². The van der Waals surface area contributed by atoms with Gasteiger partial charge in [0.25, 0.3) is 0 Å². The lowest BCUT2D eigenvalue weighted by Gasteiger charge is -2.11. The van der Waals surface area contributed by atoms with E-state index in [2.05, 4.69) is 11.8 Å². The molecule has 0 aromatic heterocycles. The zero-order valence-electron chi connectivity index (χ0n) is 10.0. The Kier molecular flexibility index (Phi) is 7.07. The van der Waals surface area contributed by atoms with E-state index in [0.29, 0.717) is 12.3 Å². The van der Waals surface area contributed by atoms with Crippen LogP contribution >= 0.6 is 0 Å². The predicted octanol–water partition coefficient (Wildman–Crippen LogP) is 3.30. The SMILES string of the molecule is CCCC#CC(O)/C(F)=C\[C@@H](C)C(C)C. The molecular weight excluding hydrogens is 191 g/mol. The second-order valence-corrected chi connectivity index (χ2v) is 4.13. The van der Waals surface area contributed by atoms with Crippen molar-refractivity contribution in [2.45, 2.75) is 46.6 Å². The lowest BCUT2D eigenvalue weighted by Crippen LogP contribution is -2.07. The minimum Gasteiger partial charge on any atom is -0.374 e. The van der Waals surface area contributed by atoms with E-state index >= 15 is 0 Å². The summed E-state index contributed by atoms with van der Waals surface area (Å²) in [6, 6.07) is 0. The molecule has 0 amide bonds. The maximum absolute atomic E-state index is 13.3. The molecule has 0 heterocycles. The fraction of sp³-hybridized carbons (Fsp3) is 0.692. The molecule has 2 atom stereocenters. The quantitative estimate of drug-likeness (QED) is 0.709. The largest absolute Gasteiger partial charge is 0.374 e. The fourth-order valence-electron chi connectivity index (χ4n) is 0.898. The molecule has 0 spiro atoms. The molecule has 0 bridgehead atoms. The van der Waals surface area contributed by atoms with E-state index in [1.165, 1.54) is 6.08 Å². The van der Waals surface area contributed by atoms with E-state index < -0.39 is 11.9 Å². The molecule has 0 saturated carbocycles. The van der Waals surface area contributed by atoms with Crippen molar-refractivity contribution < 1.29 is 9.50 Å². The fourth-order valence-corrected chi connectivity index (χ4v) is 0.898. The highest BCUT2D eigenvalue weighted by atomic mass is 19.1. The third-order valence-electron chi connectivity index (χ3n) is 2.35. The van der Waals surface area contributed by atoms with E-state index in [0.717, 1.165) is 6.42 Å². The molecule has 0 aromatic rings. The molecule has 0 radical (unpaired) electrons. The first-order valence-corrected chi connectivity index (χ1v) is 5.52. The van der Waals surface area contributed by atoms with Gasteiger partial charge in [0.1, 0.15) is 5.83 Å². The molecule has 2 heteroatoms. The Labute approximate surface area is 92.4 Å². The van der Waals surface area contributed by atoms with Crippen LogP contribution in [0.3, 0.4) is 0 Å². The van der Waals surface area contributed by atoms with E-state index in [1.807, 2.05) is 27.7 Å². The lowest BCUT2D eigenvalue weighted by atomic mass is 9.97. The second-order valence-electron chi connectivity index (χ2n) is 4.13. The molecule has 0 saturated heterocycles. The summed E-state index contributed by atoms with van der Waals surface area (Å²) in [5.41, 5.74) is 0. The lowest BCUT2D eigenvalue weighted by molar-refractivity contribution is 0.234. The first kappa shape index (κ1) is 14.2. The summed E-state index contributed by atoms with van der Waals surface area (Å²) in [6.07, 6.45) is 1.82. The molecule has 0 fully saturated rings. The van der Waals surface area contributed by atoms with Crippen LogP contribution in [0.5, 0.6) is 0 Å². The maximum Gasteiger partial charge on any atom is 0.165 e. The van der Waals surface area contributed by atoms with Crippen LogP contribution in [0.1, 0.15) is 40.5 Å². The Bertz CT molecular complexity index is 257. The van der Waals surface area contributed by atoms with Crippen molar-refractivity contribution >= 4 is 0 Å². The summed E-state index contributed by atoms with van der Waals surface area (Å²) in [6.45, 7) is 7.96. The van der Waals surface area contributed by atoms with Crippen LogP contribution in [-0.4, -0.2) is 11.2 Å². The normalized spacial score (nSPS) is 15.8. The molecular formula is C13H21FO. The van der Waals surface area contributed by atoms with Crippen molar-refractivity contribution in [1.82, 2.24) is 0 Å². The molecule has 15 heavy (non-hydrogen) atoms. The van der Waals surface area contributed by atoms with Gasteiger partial charge in [-0.05, 0) is 24.3 Å². The van der Waals surface area contributed by atoms with Crippen LogP contribution in [0, 0.1) is 23.7 Å². The van der Waals surface area contributed by atoms with Gasteiger partial charge in [0.15, 0.2) is 6.10 Å². The summed E-state index contributed by atoms with van der Waals surface area (Å²) in [7, 11) is 0. The molecule has 1 N–H and O–H groups in total. The van der Waals surface area contributed by atoms with Gasteiger partial charge in [-0.3, -0.25) is 0 Å². The van der Waals surface area contributed by atoms with Gasteiger partial charge >= 0.3 is 0 Å². The first-order valence-electron chi connectivity index (χ1n) is 5.52. The molecule has 86 valence electrons. The summed E-state index contributed by atoms with van der Waals surface area (Å²) in [5, 5.41) is 9.36. The third-order valence-corrected chi connectivity index (χ3v) is 2.35. The van der Waals surface area contributed by atoms with Crippen LogP contribution in [0.25, 0.3) is 0 Å². The molecule has 0 aliphatic carbocycles. The Balaban J connectivity index is 4.32. The highest BCUT2D eigenvalue weighted by molar-refractivity contribution is 5.17. The van der Waals surface area contributed by atoms with E-state index in [9.17, 15) is 9.50 Å². The minimum absolute atomic E-state index is 0.118.